The molecule has 1 aromatic heterocycles. The Labute approximate surface area is 248 Å². The van der Waals surface area contributed by atoms with Crippen LogP contribution in [0, 0.1) is 5.92 Å². The Morgan fingerprint density at radius 1 is 1.12 bits per heavy atom. The van der Waals surface area contributed by atoms with E-state index in [0.717, 1.165) is 4.57 Å². The zero-order valence-corrected chi connectivity index (χ0v) is 24.0. The van der Waals surface area contributed by atoms with Gasteiger partial charge >= 0.3 is 11.4 Å². The van der Waals surface area contributed by atoms with Crippen LogP contribution in [0.4, 0.5) is 8.78 Å². The third-order valence-corrected chi connectivity index (χ3v) is 8.14. The van der Waals surface area contributed by atoms with Crippen molar-refractivity contribution in [3.05, 3.63) is 69.2 Å². The van der Waals surface area contributed by atoms with Gasteiger partial charge in [-0.05, 0) is 54.6 Å². The number of fused-ring (bicyclic) bond motifs is 3. The van der Waals surface area contributed by atoms with Crippen molar-refractivity contribution in [1.82, 2.24) is 19.7 Å². The molecule has 2 aliphatic heterocycles. The number of piperidine rings is 1. The molecule has 1 saturated heterocycles. The van der Waals surface area contributed by atoms with Crippen LogP contribution >= 0.6 is 34.8 Å². The van der Waals surface area contributed by atoms with E-state index >= 15 is 0 Å². The highest BCUT2D eigenvalue weighted by molar-refractivity contribution is 6.33. The fraction of sp³-hybridized carbons (Fsp3) is 0.407. The number of nitrogens with zero attached hydrogens (tertiary/aromatic N) is 4. The largest absolute Gasteiger partial charge is 0.495 e. The summed E-state index contributed by atoms with van der Waals surface area (Å²) in [6.45, 7) is 0.727. The Balaban J connectivity index is 1.57. The summed E-state index contributed by atoms with van der Waals surface area (Å²) in [4.78, 5) is 26.2. The zero-order chi connectivity index (χ0) is 29.5. The highest BCUT2D eigenvalue weighted by Gasteiger charge is 2.42. The van der Waals surface area contributed by atoms with E-state index in [9.17, 15) is 18.4 Å². The van der Waals surface area contributed by atoms with Gasteiger partial charge in [0.25, 0.3) is 0 Å². The van der Waals surface area contributed by atoms with Crippen LogP contribution in [0.1, 0.15) is 60.7 Å². The smallest absolute Gasteiger partial charge is 0.382 e. The fourth-order valence-corrected chi connectivity index (χ4v) is 5.96. The number of amides is 1. The molecule has 0 radical (unpaired) electrons. The molecule has 3 aromatic rings. The van der Waals surface area contributed by atoms with Gasteiger partial charge in [0.15, 0.2) is 5.82 Å². The van der Waals surface area contributed by atoms with Crippen molar-refractivity contribution in [2.45, 2.75) is 43.3 Å². The molecule has 1 N–H and O–H groups in total. The SMILES string of the molecule is COc1cccc([C@H]2O[C@H](CC(=O)N3CCC(CC(=O)O)CC3)c3nnc(C(F)(F)Cl)n3-c3ccc(Cl)cc32)c1Cl. The standard InChI is InChI=1S/C27H25Cl3F2N4O5/c1-40-19-4-2-3-16(23(19)29)24-17-12-15(28)5-6-18(17)36-25(33-34-26(36)27(30,31)32)20(41-24)13-21(37)35-9-7-14(8-10-35)11-22(38)39/h2-6,12,14,20,24H,7-11,13H2,1H3,(H,38,39)/t20-,24-/m1/s1. The predicted octanol–water partition coefficient (Wildman–Crippen LogP) is 6.13. The van der Waals surface area contributed by atoms with E-state index in [1.807, 2.05) is 0 Å². The third kappa shape index (κ3) is 5.99. The van der Waals surface area contributed by atoms with Crippen molar-refractivity contribution in [3.63, 3.8) is 0 Å². The zero-order valence-electron chi connectivity index (χ0n) is 21.7. The quantitative estimate of drug-likeness (QED) is 0.313. The van der Waals surface area contributed by atoms with Gasteiger partial charge in [0.05, 0.1) is 24.2 Å². The summed E-state index contributed by atoms with van der Waals surface area (Å²) in [7, 11) is 1.46. The summed E-state index contributed by atoms with van der Waals surface area (Å²) in [5.74, 6) is -1.73. The van der Waals surface area contributed by atoms with Gasteiger partial charge < -0.3 is 19.5 Å². The van der Waals surface area contributed by atoms with E-state index in [-0.39, 0.29) is 41.2 Å². The van der Waals surface area contributed by atoms with E-state index in [0.29, 0.717) is 47.8 Å². The van der Waals surface area contributed by atoms with Crippen LogP contribution < -0.4 is 4.74 Å². The van der Waals surface area contributed by atoms with E-state index in [1.54, 1.807) is 29.2 Å². The minimum absolute atomic E-state index is 0.0267. The van der Waals surface area contributed by atoms with Crippen LogP contribution in [0.15, 0.2) is 36.4 Å². The highest BCUT2D eigenvalue weighted by atomic mass is 35.5. The number of hydrogen-bond donors (Lipinski definition) is 1. The van der Waals surface area contributed by atoms with Gasteiger partial charge in [0, 0.05) is 35.7 Å². The Kier molecular flexibility index (Phi) is 8.43. The number of carbonyl (C=O) groups is 2. The van der Waals surface area contributed by atoms with Crippen LogP contribution in [0.5, 0.6) is 5.75 Å². The average Bonchev–Trinajstić information content (AvgIpc) is 3.32. The van der Waals surface area contributed by atoms with Gasteiger partial charge in [-0.1, -0.05) is 35.3 Å². The summed E-state index contributed by atoms with van der Waals surface area (Å²) < 4.78 is 42.2. The van der Waals surface area contributed by atoms with Crippen LogP contribution in [0.3, 0.4) is 0 Å². The molecule has 0 aliphatic carbocycles. The number of carbonyl (C=O) groups excluding carboxylic acids is 1. The molecule has 0 bridgehead atoms. The van der Waals surface area contributed by atoms with Crippen LogP contribution in [-0.2, 0) is 19.7 Å². The molecule has 2 aromatic carbocycles. The first-order valence-electron chi connectivity index (χ1n) is 12.8. The molecule has 1 fully saturated rings. The normalized spacial score (nSPS) is 19.3. The molecule has 0 unspecified atom stereocenters. The number of methoxy groups -OCH3 is 1. The fourth-order valence-electron chi connectivity index (χ4n) is 5.35. The minimum Gasteiger partial charge on any atom is -0.495 e. The first-order chi connectivity index (χ1) is 19.5. The van der Waals surface area contributed by atoms with Crippen molar-refractivity contribution < 1.29 is 33.0 Å². The van der Waals surface area contributed by atoms with Crippen molar-refractivity contribution in [1.29, 1.82) is 0 Å². The summed E-state index contributed by atoms with van der Waals surface area (Å²) in [6, 6.07) is 9.69. The van der Waals surface area contributed by atoms with Crippen molar-refractivity contribution in [3.8, 4) is 11.4 Å². The predicted molar refractivity (Wildman–Crippen MR) is 146 cm³/mol. The number of aliphatic carboxylic acids is 1. The van der Waals surface area contributed by atoms with Gasteiger partial charge in [-0.2, -0.15) is 8.78 Å². The number of likely N-dealkylation sites (tertiary alicyclic amines) is 1. The molecule has 3 heterocycles. The Morgan fingerprint density at radius 2 is 1.85 bits per heavy atom. The molecule has 41 heavy (non-hydrogen) atoms. The van der Waals surface area contributed by atoms with Gasteiger partial charge in [0.2, 0.25) is 11.7 Å². The molecule has 14 heteroatoms. The molecule has 2 aliphatic rings. The Hall–Kier alpha value is -2.99. The first kappa shape index (κ1) is 29.5. The number of halogens is 5. The number of aromatic nitrogens is 3. The summed E-state index contributed by atoms with van der Waals surface area (Å²) in [6.07, 6.45) is -1.25. The van der Waals surface area contributed by atoms with Crippen LogP contribution in [0.25, 0.3) is 5.69 Å². The van der Waals surface area contributed by atoms with Crippen molar-refractivity contribution in [2.75, 3.05) is 20.2 Å². The number of benzene rings is 2. The maximum absolute atomic E-state index is 14.6. The summed E-state index contributed by atoms with van der Waals surface area (Å²) in [5.41, 5.74) is 1.07. The molecule has 5 rings (SSSR count). The third-order valence-electron chi connectivity index (χ3n) is 7.33. The lowest BCUT2D eigenvalue weighted by molar-refractivity contribution is -0.139. The second-order valence-electron chi connectivity index (χ2n) is 9.91. The van der Waals surface area contributed by atoms with Crippen molar-refractivity contribution >= 4 is 46.7 Å². The number of carboxylic acids is 1. The number of carboxylic acid groups (broad SMARTS) is 1. The number of rotatable bonds is 7. The van der Waals surface area contributed by atoms with Crippen molar-refractivity contribution in [2.24, 2.45) is 5.92 Å². The lowest BCUT2D eigenvalue weighted by atomic mass is 9.93. The topological polar surface area (TPSA) is 107 Å². The summed E-state index contributed by atoms with van der Waals surface area (Å²) in [5, 5.41) is 13.4. The lowest BCUT2D eigenvalue weighted by Crippen LogP contribution is -2.39. The van der Waals surface area contributed by atoms with Gasteiger partial charge in [-0.25, -0.2) is 0 Å². The molecular formula is C27H25Cl3F2N4O5. The van der Waals surface area contributed by atoms with E-state index in [1.165, 1.54) is 19.2 Å². The second-order valence-corrected chi connectivity index (χ2v) is 11.2. The molecule has 2 atom stereocenters. The molecule has 9 nitrogen and oxygen atoms in total. The van der Waals surface area contributed by atoms with E-state index in [2.05, 4.69) is 10.2 Å². The van der Waals surface area contributed by atoms with Crippen LogP contribution in [-0.4, -0.2) is 56.8 Å². The first-order valence-corrected chi connectivity index (χ1v) is 13.9. The molecular weight excluding hydrogens is 605 g/mol. The maximum Gasteiger partial charge on any atom is 0.382 e. The van der Waals surface area contributed by atoms with Gasteiger partial charge in [-0.3, -0.25) is 14.2 Å². The summed E-state index contributed by atoms with van der Waals surface area (Å²) >= 11 is 18.5. The highest BCUT2D eigenvalue weighted by Crippen LogP contribution is 2.47. The van der Waals surface area contributed by atoms with Gasteiger partial charge in [-0.15, -0.1) is 10.2 Å². The Morgan fingerprint density at radius 3 is 2.51 bits per heavy atom. The molecule has 218 valence electrons. The number of alkyl halides is 3. The lowest BCUT2D eigenvalue weighted by Gasteiger charge is -2.32. The molecule has 0 spiro atoms. The van der Waals surface area contributed by atoms with Gasteiger partial charge in [0.1, 0.15) is 18.0 Å². The number of ether oxygens (including phenoxy) is 2. The molecule has 1 amide bonds. The maximum atomic E-state index is 14.6. The average molecular weight is 630 g/mol. The number of hydrogen-bond acceptors (Lipinski definition) is 6. The minimum atomic E-state index is -3.89. The Bertz CT molecular complexity index is 1470. The van der Waals surface area contributed by atoms with Crippen LogP contribution in [0.2, 0.25) is 10.0 Å². The monoisotopic (exact) mass is 628 g/mol. The molecule has 0 saturated carbocycles. The second kappa shape index (κ2) is 11.7. The van der Waals surface area contributed by atoms with E-state index in [4.69, 9.17) is 49.4 Å². The van der Waals surface area contributed by atoms with E-state index < -0.39 is 29.4 Å².